The molecule has 1 fully saturated rings. The van der Waals surface area contributed by atoms with E-state index in [2.05, 4.69) is 4.72 Å². The number of piperidine rings is 1. The molecule has 0 aromatic heterocycles. The monoisotopic (exact) mass is 268 g/mol. The van der Waals surface area contributed by atoms with Crippen molar-refractivity contribution in [2.24, 2.45) is 0 Å². The molecule has 5 heteroatoms. The lowest BCUT2D eigenvalue weighted by Gasteiger charge is -2.26. The molecule has 0 amide bonds. The van der Waals surface area contributed by atoms with Crippen molar-refractivity contribution < 1.29 is 8.42 Å². The number of aryl methyl sites for hydroxylation is 2. The Kier molecular flexibility index (Phi) is 3.92. The minimum Gasteiger partial charge on any atom is -0.271 e. The molecule has 2 rings (SSSR count). The summed E-state index contributed by atoms with van der Waals surface area (Å²) in [6.45, 7) is 5.12. The smallest absolute Gasteiger partial charge is 0.271 e. The van der Waals surface area contributed by atoms with E-state index in [0.717, 1.165) is 30.4 Å². The van der Waals surface area contributed by atoms with Crippen molar-refractivity contribution in [2.75, 3.05) is 17.8 Å². The Labute approximate surface area is 109 Å². The van der Waals surface area contributed by atoms with Gasteiger partial charge in [0.15, 0.2) is 0 Å². The Morgan fingerprint density at radius 3 is 2.44 bits per heavy atom. The highest BCUT2D eigenvalue weighted by Crippen LogP contribution is 2.20. The highest BCUT2D eigenvalue weighted by Gasteiger charge is 2.24. The first-order valence-electron chi connectivity index (χ1n) is 6.34. The molecule has 0 bridgehead atoms. The summed E-state index contributed by atoms with van der Waals surface area (Å²) in [6.07, 6.45) is 3.02. The van der Waals surface area contributed by atoms with Crippen molar-refractivity contribution >= 4 is 15.9 Å². The van der Waals surface area contributed by atoms with Crippen LogP contribution < -0.4 is 4.72 Å². The van der Waals surface area contributed by atoms with Crippen LogP contribution in [0.2, 0.25) is 0 Å². The van der Waals surface area contributed by atoms with E-state index >= 15 is 0 Å². The molecule has 0 unspecified atom stereocenters. The molecule has 0 aliphatic carbocycles. The maximum Gasteiger partial charge on any atom is 0.301 e. The summed E-state index contributed by atoms with van der Waals surface area (Å²) in [5.74, 6) is 0. The molecular formula is C13H20N2O2S. The molecule has 1 saturated heterocycles. The lowest BCUT2D eigenvalue weighted by Crippen LogP contribution is -2.39. The number of hydrogen-bond acceptors (Lipinski definition) is 2. The zero-order valence-corrected chi connectivity index (χ0v) is 11.8. The van der Waals surface area contributed by atoms with Crippen molar-refractivity contribution in [3.8, 4) is 0 Å². The average molecular weight is 268 g/mol. The minimum atomic E-state index is -3.39. The van der Waals surface area contributed by atoms with Crippen LogP contribution in [0.3, 0.4) is 0 Å². The number of hydrogen-bond donors (Lipinski definition) is 1. The summed E-state index contributed by atoms with van der Waals surface area (Å²) < 4.78 is 28.7. The Bertz CT molecular complexity index is 520. The number of nitrogens with one attached hydrogen (secondary N) is 1. The van der Waals surface area contributed by atoms with E-state index in [1.807, 2.05) is 32.0 Å². The van der Waals surface area contributed by atoms with Crippen LogP contribution in [0.1, 0.15) is 30.4 Å². The third kappa shape index (κ3) is 3.03. The van der Waals surface area contributed by atoms with E-state index in [0.29, 0.717) is 18.8 Å². The highest BCUT2D eigenvalue weighted by atomic mass is 32.2. The molecule has 0 radical (unpaired) electrons. The van der Waals surface area contributed by atoms with Gasteiger partial charge in [0.1, 0.15) is 0 Å². The quantitative estimate of drug-likeness (QED) is 0.915. The van der Waals surface area contributed by atoms with Crippen molar-refractivity contribution in [3.05, 3.63) is 29.3 Å². The van der Waals surface area contributed by atoms with Gasteiger partial charge in [-0.1, -0.05) is 18.6 Å². The molecule has 4 nitrogen and oxygen atoms in total. The molecule has 1 aromatic rings. The summed E-state index contributed by atoms with van der Waals surface area (Å²) in [5.41, 5.74) is 2.68. The first-order chi connectivity index (χ1) is 8.49. The van der Waals surface area contributed by atoms with Gasteiger partial charge in [0.2, 0.25) is 0 Å². The maximum atomic E-state index is 12.2. The molecule has 1 aromatic carbocycles. The number of nitrogens with zero attached hydrogens (tertiary/aromatic N) is 1. The Morgan fingerprint density at radius 2 is 1.78 bits per heavy atom. The van der Waals surface area contributed by atoms with Crippen molar-refractivity contribution in [2.45, 2.75) is 33.1 Å². The van der Waals surface area contributed by atoms with Gasteiger partial charge in [-0.2, -0.15) is 12.7 Å². The summed E-state index contributed by atoms with van der Waals surface area (Å²) in [4.78, 5) is 0. The van der Waals surface area contributed by atoms with E-state index in [-0.39, 0.29) is 0 Å². The number of benzene rings is 1. The molecule has 100 valence electrons. The van der Waals surface area contributed by atoms with Crippen molar-refractivity contribution in [3.63, 3.8) is 0 Å². The van der Waals surface area contributed by atoms with Gasteiger partial charge in [0, 0.05) is 13.1 Å². The molecule has 18 heavy (non-hydrogen) atoms. The van der Waals surface area contributed by atoms with Gasteiger partial charge in [-0.3, -0.25) is 4.72 Å². The Morgan fingerprint density at radius 1 is 1.11 bits per heavy atom. The van der Waals surface area contributed by atoms with E-state index < -0.39 is 10.2 Å². The van der Waals surface area contributed by atoms with Crippen molar-refractivity contribution in [1.29, 1.82) is 0 Å². The molecular weight excluding hydrogens is 248 g/mol. The molecule has 1 heterocycles. The SMILES string of the molecule is Cc1ccc(C)c(NS(=O)(=O)N2CCCCC2)c1. The first kappa shape index (κ1) is 13.4. The van der Waals surface area contributed by atoms with Crippen LogP contribution in [0, 0.1) is 13.8 Å². The molecule has 0 spiro atoms. The van der Waals surface area contributed by atoms with Crippen LogP contribution in [0.15, 0.2) is 18.2 Å². The lowest BCUT2D eigenvalue weighted by atomic mass is 10.1. The van der Waals surface area contributed by atoms with Crippen LogP contribution in [-0.4, -0.2) is 25.8 Å². The Hall–Kier alpha value is -1.07. The fraction of sp³-hybridized carbons (Fsp3) is 0.538. The highest BCUT2D eigenvalue weighted by molar-refractivity contribution is 7.90. The summed E-state index contributed by atoms with van der Waals surface area (Å²) in [6, 6.07) is 5.79. The molecule has 1 N–H and O–H groups in total. The van der Waals surface area contributed by atoms with Crippen LogP contribution >= 0.6 is 0 Å². The second-order valence-corrected chi connectivity index (χ2v) is 6.56. The zero-order chi connectivity index (χ0) is 13.2. The maximum absolute atomic E-state index is 12.2. The first-order valence-corrected chi connectivity index (χ1v) is 7.78. The van der Waals surface area contributed by atoms with Gasteiger partial charge >= 0.3 is 10.2 Å². The van der Waals surface area contributed by atoms with Gasteiger partial charge in [0.05, 0.1) is 5.69 Å². The van der Waals surface area contributed by atoms with Crippen LogP contribution in [0.4, 0.5) is 5.69 Å². The van der Waals surface area contributed by atoms with E-state index in [1.165, 1.54) is 4.31 Å². The number of anilines is 1. The lowest BCUT2D eigenvalue weighted by molar-refractivity contribution is 0.349. The number of rotatable bonds is 3. The second kappa shape index (κ2) is 5.28. The van der Waals surface area contributed by atoms with Crippen LogP contribution in [0.25, 0.3) is 0 Å². The molecule has 1 aliphatic heterocycles. The van der Waals surface area contributed by atoms with E-state index in [9.17, 15) is 8.42 Å². The molecule has 0 atom stereocenters. The second-order valence-electron chi connectivity index (χ2n) is 4.89. The largest absolute Gasteiger partial charge is 0.301 e. The van der Waals surface area contributed by atoms with Gasteiger partial charge in [0.25, 0.3) is 0 Å². The summed E-state index contributed by atoms with van der Waals surface area (Å²) >= 11 is 0. The predicted octanol–water partition coefficient (Wildman–Crippen LogP) is 2.45. The topological polar surface area (TPSA) is 49.4 Å². The fourth-order valence-electron chi connectivity index (χ4n) is 2.15. The summed E-state index contributed by atoms with van der Waals surface area (Å²) in [7, 11) is -3.39. The predicted molar refractivity (Wildman–Crippen MR) is 73.9 cm³/mol. The summed E-state index contributed by atoms with van der Waals surface area (Å²) in [5, 5.41) is 0. The average Bonchev–Trinajstić information content (AvgIpc) is 2.35. The molecule has 1 aliphatic rings. The Balaban J connectivity index is 2.18. The zero-order valence-electron chi connectivity index (χ0n) is 10.9. The third-order valence-corrected chi connectivity index (χ3v) is 4.81. The standard InChI is InChI=1S/C13H20N2O2S/c1-11-6-7-12(2)13(10-11)14-18(16,17)15-8-4-3-5-9-15/h6-7,10,14H,3-5,8-9H2,1-2H3. The van der Waals surface area contributed by atoms with Crippen LogP contribution in [0.5, 0.6) is 0 Å². The third-order valence-electron chi connectivity index (χ3n) is 3.29. The van der Waals surface area contributed by atoms with E-state index in [1.54, 1.807) is 0 Å². The van der Waals surface area contributed by atoms with E-state index in [4.69, 9.17) is 0 Å². The normalized spacial score (nSPS) is 17.7. The van der Waals surface area contributed by atoms with Crippen LogP contribution in [-0.2, 0) is 10.2 Å². The van der Waals surface area contributed by atoms with Gasteiger partial charge in [-0.15, -0.1) is 0 Å². The van der Waals surface area contributed by atoms with Gasteiger partial charge in [-0.05, 0) is 43.9 Å². The minimum absolute atomic E-state index is 0.625. The molecule has 0 saturated carbocycles. The fourth-order valence-corrected chi connectivity index (χ4v) is 3.52. The van der Waals surface area contributed by atoms with Gasteiger partial charge in [-0.25, -0.2) is 0 Å². The van der Waals surface area contributed by atoms with Gasteiger partial charge < -0.3 is 0 Å². The van der Waals surface area contributed by atoms with Crippen molar-refractivity contribution in [1.82, 2.24) is 4.31 Å².